The summed E-state index contributed by atoms with van der Waals surface area (Å²) in [6, 6.07) is 10.0. The van der Waals surface area contributed by atoms with E-state index in [2.05, 4.69) is 20.3 Å². The molecular formula is C12H12N6. The molecule has 90 valence electrons. The number of nitrogens with two attached hydrogens (primary N) is 1. The summed E-state index contributed by atoms with van der Waals surface area (Å²) in [4.78, 5) is 8.27. The minimum Gasteiger partial charge on any atom is -0.368 e. The Morgan fingerprint density at radius 1 is 1.17 bits per heavy atom. The molecule has 0 radical (unpaired) electrons. The van der Waals surface area contributed by atoms with Crippen molar-refractivity contribution < 1.29 is 0 Å². The van der Waals surface area contributed by atoms with E-state index in [9.17, 15) is 0 Å². The van der Waals surface area contributed by atoms with Crippen LogP contribution in [0.25, 0.3) is 11.2 Å². The molecule has 3 aromatic rings. The molecule has 0 atom stereocenters. The Labute approximate surface area is 103 Å². The van der Waals surface area contributed by atoms with Crippen LogP contribution in [-0.2, 0) is 6.54 Å². The van der Waals surface area contributed by atoms with Crippen molar-refractivity contribution in [1.29, 1.82) is 0 Å². The van der Waals surface area contributed by atoms with Gasteiger partial charge in [-0.1, -0.05) is 35.5 Å². The Bertz CT molecular complexity index is 688. The summed E-state index contributed by atoms with van der Waals surface area (Å²) in [5, 5.41) is 8.19. The highest BCUT2D eigenvalue weighted by Gasteiger charge is 2.10. The topological polar surface area (TPSA) is 82.5 Å². The number of hydrogen-bond donors (Lipinski definition) is 1. The molecule has 0 saturated carbocycles. The molecule has 0 aliphatic carbocycles. The van der Waals surface area contributed by atoms with Gasteiger partial charge in [-0.05, 0) is 12.5 Å². The summed E-state index contributed by atoms with van der Waals surface area (Å²) in [5.41, 5.74) is 8.90. The van der Waals surface area contributed by atoms with Crippen LogP contribution in [0.15, 0.2) is 30.3 Å². The van der Waals surface area contributed by atoms with Gasteiger partial charge in [-0.25, -0.2) is 9.67 Å². The number of nitrogens with zero attached hydrogens (tertiary/aromatic N) is 5. The Morgan fingerprint density at radius 3 is 2.72 bits per heavy atom. The van der Waals surface area contributed by atoms with E-state index in [-0.39, 0.29) is 5.95 Å². The van der Waals surface area contributed by atoms with E-state index in [1.807, 2.05) is 37.3 Å². The summed E-state index contributed by atoms with van der Waals surface area (Å²) >= 11 is 0. The number of anilines is 1. The van der Waals surface area contributed by atoms with Gasteiger partial charge in [-0.3, -0.25) is 0 Å². The number of aryl methyl sites for hydroxylation is 1. The van der Waals surface area contributed by atoms with Crippen LogP contribution < -0.4 is 5.73 Å². The Kier molecular flexibility index (Phi) is 2.40. The van der Waals surface area contributed by atoms with Crippen LogP contribution in [0.1, 0.15) is 11.3 Å². The molecule has 3 rings (SSSR count). The maximum Gasteiger partial charge on any atom is 0.222 e. The summed E-state index contributed by atoms with van der Waals surface area (Å²) in [6.45, 7) is 2.47. The number of rotatable bonds is 2. The SMILES string of the molecule is Cc1nc(N)nc2c1nnn2Cc1ccccc1. The van der Waals surface area contributed by atoms with E-state index >= 15 is 0 Å². The molecule has 0 aliphatic rings. The number of hydrogen-bond acceptors (Lipinski definition) is 5. The maximum atomic E-state index is 5.66. The second-order valence-corrected chi connectivity index (χ2v) is 4.07. The maximum absolute atomic E-state index is 5.66. The molecule has 0 unspecified atom stereocenters. The van der Waals surface area contributed by atoms with Crippen molar-refractivity contribution in [1.82, 2.24) is 25.0 Å². The number of aromatic nitrogens is 5. The smallest absolute Gasteiger partial charge is 0.222 e. The zero-order chi connectivity index (χ0) is 12.5. The Balaban J connectivity index is 2.08. The van der Waals surface area contributed by atoms with E-state index in [0.717, 1.165) is 11.3 Å². The molecule has 0 spiro atoms. The van der Waals surface area contributed by atoms with Gasteiger partial charge in [0.05, 0.1) is 12.2 Å². The minimum atomic E-state index is 0.247. The summed E-state index contributed by atoms with van der Waals surface area (Å²) in [7, 11) is 0. The lowest BCUT2D eigenvalue weighted by molar-refractivity contribution is 0.664. The average molecular weight is 240 g/mol. The number of nitrogen functional groups attached to an aromatic ring is 1. The van der Waals surface area contributed by atoms with E-state index in [4.69, 9.17) is 5.73 Å². The van der Waals surface area contributed by atoms with Gasteiger partial charge in [0.2, 0.25) is 5.95 Å². The van der Waals surface area contributed by atoms with Crippen molar-refractivity contribution in [3.63, 3.8) is 0 Å². The zero-order valence-corrected chi connectivity index (χ0v) is 9.91. The van der Waals surface area contributed by atoms with Crippen LogP contribution in [-0.4, -0.2) is 25.0 Å². The van der Waals surface area contributed by atoms with Gasteiger partial charge in [-0.15, -0.1) is 5.10 Å². The summed E-state index contributed by atoms with van der Waals surface area (Å²) < 4.78 is 1.73. The van der Waals surface area contributed by atoms with Crippen LogP contribution in [0, 0.1) is 6.92 Å². The van der Waals surface area contributed by atoms with Crippen molar-refractivity contribution in [2.24, 2.45) is 0 Å². The molecule has 1 aromatic carbocycles. The molecule has 2 N–H and O–H groups in total. The average Bonchev–Trinajstić information content (AvgIpc) is 2.74. The van der Waals surface area contributed by atoms with Gasteiger partial charge in [0.1, 0.15) is 0 Å². The van der Waals surface area contributed by atoms with Crippen LogP contribution in [0.5, 0.6) is 0 Å². The van der Waals surface area contributed by atoms with Crippen LogP contribution >= 0.6 is 0 Å². The highest BCUT2D eigenvalue weighted by atomic mass is 15.4. The third-order valence-electron chi connectivity index (χ3n) is 2.73. The van der Waals surface area contributed by atoms with Crippen molar-refractivity contribution in [2.75, 3.05) is 5.73 Å². The quantitative estimate of drug-likeness (QED) is 0.726. The third-order valence-corrected chi connectivity index (χ3v) is 2.73. The molecule has 0 fully saturated rings. The first-order valence-corrected chi connectivity index (χ1v) is 5.61. The second-order valence-electron chi connectivity index (χ2n) is 4.07. The Morgan fingerprint density at radius 2 is 1.94 bits per heavy atom. The zero-order valence-electron chi connectivity index (χ0n) is 9.91. The summed E-state index contributed by atoms with van der Waals surface area (Å²) in [6.07, 6.45) is 0. The lowest BCUT2D eigenvalue weighted by Gasteiger charge is -2.02. The first kappa shape index (κ1) is 10.6. The highest BCUT2D eigenvalue weighted by molar-refractivity contribution is 5.73. The predicted molar refractivity (Wildman–Crippen MR) is 67.8 cm³/mol. The fourth-order valence-corrected chi connectivity index (χ4v) is 1.87. The van der Waals surface area contributed by atoms with Gasteiger partial charge in [0, 0.05) is 0 Å². The molecule has 2 aromatic heterocycles. The molecule has 0 bridgehead atoms. The fourth-order valence-electron chi connectivity index (χ4n) is 1.87. The molecule has 6 heteroatoms. The van der Waals surface area contributed by atoms with Crippen molar-refractivity contribution >= 4 is 17.1 Å². The van der Waals surface area contributed by atoms with E-state index in [1.54, 1.807) is 4.68 Å². The predicted octanol–water partition coefficient (Wildman–Crippen LogP) is 1.16. The first-order chi connectivity index (χ1) is 8.74. The molecule has 18 heavy (non-hydrogen) atoms. The standard InChI is InChI=1S/C12H12N6/c1-8-10-11(15-12(13)14-8)18(17-16-10)7-9-5-3-2-4-6-9/h2-6H,7H2,1H3,(H2,13,14,15). The minimum absolute atomic E-state index is 0.247. The van der Waals surface area contributed by atoms with E-state index in [0.29, 0.717) is 17.7 Å². The second kappa shape index (κ2) is 4.06. The van der Waals surface area contributed by atoms with E-state index in [1.165, 1.54) is 0 Å². The monoisotopic (exact) mass is 240 g/mol. The van der Waals surface area contributed by atoms with Crippen molar-refractivity contribution in [3.8, 4) is 0 Å². The fraction of sp³-hybridized carbons (Fsp3) is 0.167. The molecular weight excluding hydrogens is 228 g/mol. The van der Waals surface area contributed by atoms with Gasteiger partial charge >= 0.3 is 0 Å². The van der Waals surface area contributed by atoms with Crippen LogP contribution in [0.4, 0.5) is 5.95 Å². The Hall–Kier alpha value is -2.50. The van der Waals surface area contributed by atoms with Gasteiger partial charge < -0.3 is 5.73 Å². The number of fused-ring (bicyclic) bond motifs is 1. The summed E-state index contributed by atoms with van der Waals surface area (Å²) in [5.74, 6) is 0.247. The third kappa shape index (κ3) is 1.77. The largest absolute Gasteiger partial charge is 0.368 e. The molecule has 6 nitrogen and oxygen atoms in total. The van der Waals surface area contributed by atoms with Crippen LogP contribution in [0.2, 0.25) is 0 Å². The molecule has 0 amide bonds. The van der Waals surface area contributed by atoms with E-state index < -0.39 is 0 Å². The highest BCUT2D eigenvalue weighted by Crippen LogP contribution is 2.14. The van der Waals surface area contributed by atoms with Crippen LogP contribution in [0.3, 0.4) is 0 Å². The first-order valence-electron chi connectivity index (χ1n) is 5.61. The normalized spacial score (nSPS) is 10.9. The van der Waals surface area contributed by atoms with Gasteiger partial charge in [-0.2, -0.15) is 4.98 Å². The molecule has 2 heterocycles. The lowest BCUT2D eigenvalue weighted by atomic mass is 10.2. The van der Waals surface area contributed by atoms with Crippen molar-refractivity contribution in [3.05, 3.63) is 41.6 Å². The van der Waals surface area contributed by atoms with Crippen molar-refractivity contribution in [2.45, 2.75) is 13.5 Å². The lowest BCUT2D eigenvalue weighted by Crippen LogP contribution is -2.05. The van der Waals surface area contributed by atoms with Gasteiger partial charge in [0.25, 0.3) is 0 Å². The van der Waals surface area contributed by atoms with Gasteiger partial charge in [0.15, 0.2) is 11.2 Å². The molecule has 0 aliphatic heterocycles. The number of benzene rings is 1. The molecule has 0 saturated heterocycles.